The molecular formula is C19H27ClNO3-. The fourth-order valence-corrected chi connectivity index (χ4v) is 2.79. The van der Waals surface area contributed by atoms with Crippen LogP contribution in [0.4, 0.5) is 0 Å². The maximum Gasteiger partial charge on any atom is 0.374 e. The number of carbonyl (C=O) groups excluding carboxylic acids is 1. The first-order chi connectivity index (χ1) is 10.9. The van der Waals surface area contributed by atoms with Gasteiger partial charge in [0.15, 0.2) is 0 Å². The molecule has 0 saturated carbocycles. The Bertz CT molecular complexity index is 674. The van der Waals surface area contributed by atoms with Crippen molar-refractivity contribution in [3.63, 3.8) is 0 Å². The molecule has 2 rings (SSSR count). The molecule has 4 nitrogen and oxygen atoms in total. The average molecular weight is 353 g/mol. The average Bonchev–Trinajstić information content (AvgIpc) is 2.88. The summed E-state index contributed by atoms with van der Waals surface area (Å²) in [6.45, 7) is 13.7. The number of hydrogen-bond donors (Lipinski definition) is 0. The number of ether oxygens (including phenoxy) is 1. The van der Waals surface area contributed by atoms with Crippen molar-refractivity contribution in [2.45, 2.75) is 34.6 Å². The van der Waals surface area contributed by atoms with Gasteiger partial charge in [0, 0.05) is 22.9 Å². The van der Waals surface area contributed by atoms with Gasteiger partial charge in [-0.1, -0.05) is 45.9 Å². The number of para-hydroxylation sites is 1. The van der Waals surface area contributed by atoms with Gasteiger partial charge in [0.25, 0.3) is 0 Å². The Morgan fingerprint density at radius 3 is 2.42 bits per heavy atom. The zero-order valence-corrected chi connectivity index (χ0v) is 15.9. The van der Waals surface area contributed by atoms with Gasteiger partial charge in [-0.25, -0.2) is 4.79 Å². The third kappa shape index (κ3) is 4.74. The van der Waals surface area contributed by atoms with Crippen LogP contribution >= 0.6 is 0 Å². The van der Waals surface area contributed by atoms with Crippen LogP contribution in [0.15, 0.2) is 28.7 Å². The van der Waals surface area contributed by atoms with E-state index in [2.05, 4.69) is 32.6 Å². The van der Waals surface area contributed by atoms with Gasteiger partial charge >= 0.3 is 5.97 Å². The number of nitrogens with zero attached hydrogens (tertiary/aromatic N) is 1. The molecule has 0 saturated heterocycles. The molecular weight excluding hydrogens is 326 g/mol. The second-order valence-electron chi connectivity index (χ2n) is 6.75. The van der Waals surface area contributed by atoms with E-state index < -0.39 is 0 Å². The highest BCUT2D eigenvalue weighted by molar-refractivity contribution is 5.95. The topological polar surface area (TPSA) is 42.7 Å². The number of fused-ring (bicyclic) bond motifs is 1. The van der Waals surface area contributed by atoms with Gasteiger partial charge in [-0.2, -0.15) is 0 Å². The Kier molecular flexibility index (Phi) is 7.30. The summed E-state index contributed by atoms with van der Waals surface area (Å²) >= 11 is 0. The number of furan rings is 1. The standard InChI is InChI=1S/C19H27NO3.ClH/c1-6-20(7-2)12-19(4,5)13-22-18(21)17-14(3)15-10-8-9-11-16(15)23-17;/h8-11H,6-7,12-13H2,1-5H3;1H/p-1. The van der Waals surface area contributed by atoms with Crippen LogP contribution in [0.3, 0.4) is 0 Å². The minimum absolute atomic E-state index is 0. The van der Waals surface area contributed by atoms with Crippen LogP contribution < -0.4 is 12.4 Å². The summed E-state index contributed by atoms with van der Waals surface area (Å²) in [7, 11) is 0. The zero-order chi connectivity index (χ0) is 17.0. The molecule has 0 fully saturated rings. The summed E-state index contributed by atoms with van der Waals surface area (Å²) < 4.78 is 11.2. The van der Waals surface area contributed by atoms with Crippen molar-refractivity contribution in [2.24, 2.45) is 5.41 Å². The van der Waals surface area contributed by atoms with Crippen molar-refractivity contribution in [3.05, 3.63) is 35.6 Å². The fraction of sp³-hybridized carbons (Fsp3) is 0.526. The van der Waals surface area contributed by atoms with Crippen LogP contribution in [0.25, 0.3) is 11.0 Å². The lowest BCUT2D eigenvalue weighted by molar-refractivity contribution is -0.0000280. The molecule has 0 amide bonds. The molecule has 0 N–H and O–H groups in total. The van der Waals surface area contributed by atoms with Gasteiger partial charge in [0.2, 0.25) is 5.76 Å². The van der Waals surface area contributed by atoms with Crippen molar-refractivity contribution in [1.29, 1.82) is 0 Å². The predicted molar refractivity (Wildman–Crippen MR) is 92.8 cm³/mol. The highest BCUT2D eigenvalue weighted by Gasteiger charge is 2.25. The highest BCUT2D eigenvalue weighted by atomic mass is 35.5. The Labute approximate surface area is 150 Å². The van der Waals surface area contributed by atoms with Crippen molar-refractivity contribution in [1.82, 2.24) is 4.90 Å². The molecule has 0 radical (unpaired) electrons. The largest absolute Gasteiger partial charge is 1.00 e. The third-order valence-electron chi connectivity index (χ3n) is 4.17. The third-order valence-corrected chi connectivity index (χ3v) is 4.17. The smallest absolute Gasteiger partial charge is 0.374 e. The van der Waals surface area contributed by atoms with Crippen molar-refractivity contribution < 1.29 is 26.4 Å². The number of rotatable bonds is 7. The number of aryl methyl sites for hydroxylation is 1. The predicted octanol–water partition coefficient (Wildman–Crippen LogP) is 1.27. The molecule has 0 unspecified atom stereocenters. The van der Waals surface area contributed by atoms with Crippen molar-refractivity contribution in [3.8, 4) is 0 Å². The van der Waals surface area contributed by atoms with E-state index in [9.17, 15) is 4.79 Å². The zero-order valence-electron chi connectivity index (χ0n) is 15.2. The van der Waals surface area contributed by atoms with E-state index >= 15 is 0 Å². The van der Waals surface area contributed by atoms with E-state index in [-0.39, 0.29) is 23.8 Å². The van der Waals surface area contributed by atoms with E-state index in [1.54, 1.807) is 0 Å². The molecule has 0 bridgehead atoms. The van der Waals surface area contributed by atoms with Gasteiger partial charge < -0.3 is 26.5 Å². The number of hydrogen-bond acceptors (Lipinski definition) is 4. The first-order valence-corrected chi connectivity index (χ1v) is 8.25. The first-order valence-electron chi connectivity index (χ1n) is 8.25. The molecule has 0 aliphatic heterocycles. The molecule has 134 valence electrons. The molecule has 0 aliphatic carbocycles. The summed E-state index contributed by atoms with van der Waals surface area (Å²) in [5.41, 5.74) is 1.47. The first kappa shape index (κ1) is 20.5. The normalized spacial score (nSPS) is 11.6. The van der Waals surface area contributed by atoms with Crippen molar-refractivity contribution >= 4 is 16.9 Å². The van der Waals surface area contributed by atoms with E-state index in [0.717, 1.165) is 36.2 Å². The Hall–Kier alpha value is -1.52. The Morgan fingerprint density at radius 2 is 1.83 bits per heavy atom. The molecule has 24 heavy (non-hydrogen) atoms. The SMILES string of the molecule is CCN(CC)CC(C)(C)COC(=O)c1oc2ccccc2c1C.[Cl-]. The summed E-state index contributed by atoms with van der Waals surface area (Å²) in [6.07, 6.45) is 0. The van der Waals surface area contributed by atoms with Gasteiger partial charge in [-0.15, -0.1) is 0 Å². The van der Waals surface area contributed by atoms with Gasteiger partial charge in [0.05, 0.1) is 6.61 Å². The quantitative estimate of drug-likeness (QED) is 0.704. The van der Waals surface area contributed by atoms with Crippen LogP contribution in [0.1, 0.15) is 43.8 Å². The molecule has 1 aromatic heterocycles. The molecule has 0 atom stereocenters. The second kappa shape index (κ2) is 8.54. The Balaban J connectivity index is 0.00000288. The van der Waals surface area contributed by atoms with Gasteiger partial charge in [-0.05, 0) is 26.1 Å². The lowest BCUT2D eigenvalue weighted by Gasteiger charge is -2.30. The fourth-order valence-electron chi connectivity index (χ4n) is 2.79. The molecule has 1 aromatic carbocycles. The maximum absolute atomic E-state index is 12.4. The minimum atomic E-state index is -0.383. The number of halogens is 1. The van der Waals surface area contributed by atoms with E-state index in [1.165, 1.54) is 0 Å². The molecule has 5 heteroatoms. The summed E-state index contributed by atoms with van der Waals surface area (Å²) in [5, 5.41) is 0.960. The maximum atomic E-state index is 12.4. The lowest BCUT2D eigenvalue weighted by atomic mass is 9.94. The summed E-state index contributed by atoms with van der Waals surface area (Å²) in [6, 6.07) is 7.65. The van der Waals surface area contributed by atoms with Crippen LogP contribution in [0.5, 0.6) is 0 Å². The molecule has 2 aromatic rings. The highest BCUT2D eigenvalue weighted by Crippen LogP contribution is 2.26. The van der Waals surface area contributed by atoms with Crippen LogP contribution in [-0.4, -0.2) is 37.1 Å². The lowest BCUT2D eigenvalue weighted by Crippen LogP contribution is -3.00. The molecule has 1 heterocycles. The van der Waals surface area contributed by atoms with Gasteiger partial charge in [-0.3, -0.25) is 0 Å². The van der Waals surface area contributed by atoms with Crippen LogP contribution in [0.2, 0.25) is 0 Å². The van der Waals surface area contributed by atoms with E-state index in [4.69, 9.17) is 9.15 Å². The molecule has 0 aliphatic rings. The van der Waals surface area contributed by atoms with E-state index in [0.29, 0.717) is 12.4 Å². The van der Waals surface area contributed by atoms with Crippen LogP contribution in [0, 0.1) is 12.3 Å². The van der Waals surface area contributed by atoms with E-state index in [1.807, 2.05) is 31.2 Å². The monoisotopic (exact) mass is 352 g/mol. The number of benzene rings is 1. The molecule has 0 spiro atoms. The Morgan fingerprint density at radius 1 is 1.21 bits per heavy atom. The minimum Gasteiger partial charge on any atom is -1.00 e. The van der Waals surface area contributed by atoms with Crippen molar-refractivity contribution in [2.75, 3.05) is 26.2 Å². The summed E-state index contributed by atoms with van der Waals surface area (Å²) in [5.74, 6) is -0.0730. The van der Waals surface area contributed by atoms with Crippen LogP contribution in [-0.2, 0) is 4.74 Å². The number of carbonyl (C=O) groups is 1. The van der Waals surface area contributed by atoms with Gasteiger partial charge in [0.1, 0.15) is 5.58 Å². The second-order valence-corrected chi connectivity index (χ2v) is 6.75. The number of esters is 1. The summed E-state index contributed by atoms with van der Waals surface area (Å²) in [4.78, 5) is 14.7.